The maximum atomic E-state index is 5.25. The van der Waals surface area contributed by atoms with Crippen molar-refractivity contribution in [1.29, 1.82) is 0 Å². The van der Waals surface area contributed by atoms with Crippen LogP contribution in [0.5, 0.6) is 0 Å². The van der Waals surface area contributed by atoms with E-state index in [1.807, 2.05) is 26.8 Å². The van der Waals surface area contributed by atoms with Crippen molar-refractivity contribution >= 4 is 0 Å². The van der Waals surface area contributed by atoms with E-state index < -0.39 is 0 Å². The van der Waals surface area contributed by atoms with Crippen LogP contribution in [0.25, 0.3) is 0 Å². The van der Waals surface area contributed by atoms with Gasteiger partial charge in [0.05, 0.1) is 0 Å². The minimum absolute atomic E-state index is 0. The van der Waals surface area contributed by atoms with Crippen LogP contribution in [0.4, 0.5) is 0 Å². The Morgan fingerprint density at radius 2 is 1.90 bits per heavy atom. The summed E-state index contributed by atoms with van der Waals surface area (Å²) in [5.74, 6) is 0. The largest absolute Gasteiger partial charge is 0.327 e. The van der Waals surface area contributed by atoms with Gasteiger partial charge in [-0.1, -0.05) is 32.6 Å². The number of hydrogen-bond acceptors (Lipinski definition) is 1. The molecule has 10 heavy (non-hydrogen) atoms. The second kappa shape index (κ2) is 16.0. The van der Waals surface area contributed by atoms with Crippen LogP contribution >= 0.6 is 0 Å². The SMILES string of the molecule is C=C/C(=C\C)CN.CC.[V]. The molecular formula is C8H17NV. The van der Waals surface area contributed by atoms with Crippen molar-refractivity contribution in [1.82, 2.24) is 0 Å². The molecule has 0 saturated heterocycles. The molecular weight excluding hydrogens is 161 g/mol. The van der Waals surface area contributed by atoms with Crippen molar-refractivity contribution in [3.05, 3.63) is 24.3 Å². The van der Waals surface area contributed by atoms with Gasteiger partial charge in [0.1, 0.15) is 0 Å². The van der Waals surface area contributed by atoms with Crippen molar-refractivity contribution in [3.8, 4) is 0 Å². The molecule has 0 saturated carbocycles. The number of allylic oxidation sites excluding steroid dienone is 1. The molecule has 0 aliphatic heterocycles. The fraction of sp³-hybridized carbons (Fsp3) is 0.500. The van der Waals surface area contributed by atoms with Crippen molar-refractivity contribution in [2.75, 3.05) is 6.54 Å². The standard InChI is InChI=1S/C6H11N.C2H6.V/c1-3-6(4-2)5-7;1-2;/h3-4H,1,5,7H2,2H3;1-2H3;/b6-4+;;. The molecule has 0 amide bonds. The van der Waals surface area contributed by atoms with E-state index in [0.29, 0.717) is 6.54 Å². The molecule has 0 atom stereocenters. The molecule has 0 fully saturated rings. The first-order valence-electron chi connectivity index (χ1n) is 3.32. The summed E-state index contributed by atoms with van der Waals surface area (Å²) >= 11 is 0. The van der Waals surface area contributed by atoms with Gasteiger partial charge in [-0.25, -0.2) is 0 Å². The van der Waals surface area contributed by atoms with Gasteiger partial charge in [0, 0.05) is 25.1 Å². The minimum atomic E-state index is 0. The average Bonchev–Trinajstić information content (AvgIpc) is 1.96. The number of hydrogen-bond donors (Lipinski definition) is 1. The minimum Gasteiger partial charge on any atom is -0.327 e. The number of nitrogens with two attached hydrogens (primary N) is 1. The van der Waals surface area contributed by atoms with Crippen LogP contribution in [0.2, 0.25) is 0 Å². The first-order valence-corrected chi connectivity index (χ1v) is 3.32. The van der Waals surface area contributed by atoms with E-state index in [1.165, 1.54) is 0 Å². The molecule has 0 aliphatic rings. The van der Waals surface area contributed by atoms with Gasteiger partial charge < -0.3 is 5.73 Å². The molecule has 0 heterocycles. The molecule has 2 heteroatoms. The Morgan fingerprint density at radius 3 is 1.90 bits per heavy atom. The summed E-state index contributed by atoms with van der Waals surface area (Å²) < 4.78 is 0. The Hall–Kier alpha value is 0.0244. The van der Waals surface area contributed by atoms with Gasteiger partial charge in [-0.2, -0.15) is 0 Å². The van der Waals surface area contributed by atoms with Crippen molar-refractivity contribution in [2.24, 2.45) is 5.73 Å². The topological polar surface area (TPSA) is 26.0 Å². The van der Waals surface area contributed by atoms with Gasteiger partial charge in [-0.05, 0) is 12.5 Å². The predicted octanol–water partition coefficient (Wildman–Crippen LogP) is 2.10. The molecule has 0 spiro atoms. The van der Waals surface area contributed by atoms with Gasteiger partial charge in [0.25, 0.3) is 0 Å². The third-order valence-electron chi connectivity index (χ3n) is 0.869. The second-order valence-corrected chi connectivity index (χ2v) is 1.27. The second-order valence-electron chi connectivity index (χ2n) is 1.27. The summed E-state index contributed by atoms with van der Waals surface area (Å²) in [6.07, 6.45) is 3.72. The maximum Gasteiger partial charge on any atom is 0.0174 e. The normalized spacial score (nSPS) is 8.60. The summed E-state index contributed by atoms with van der Waals surface area (Å²) in [4.78, 5) is 0. The van der Waals surface area contributed by atoms with Gasteiger partial charge >= 0.3 is 0 Å². The van der Waals surface area contributed by atoms with Gasteiger partial charge in [0.15, 0.2) is 0 Å². The Bertz CT molecular complexity index is 87.3. The predicted molar refractivity (Wildman–Crippen MR) is 44.4 cm³/mol. The molecule has 0 bridgehead atoms. The van der Waals surface area contributed by atoms with Gasteiger partial charge in [0.2, 0.25) is 0 Å². The zero-order valence-electron chi connectivity index (χ0n) is 7.09. The van der Waals surface area contributed by atoms with Crippen LogP contribution in [0, 0.1) is 0 Å². The molecule has 1 nitrogen and oxygen atoms in total. The molecule has 0 unspecified atom stereocenters. The first-order chi connectivity index (χ1) is 4.35. The molecule has 0 aromatic rings. The summed E-state index contributed by atoms with van der Waals surface area (Å²) in [6, 6.07) is 0. The van der Waals surface area contributed by atoms with E-state index in [9.17, 15) is 0 Å². The van der Waals surface area contributed by atoms with E-state index in [1.54, 1.807) is 6.08 Å². The molecule has 1 radical (unpaired) electrons. The Kier molecular flexibility index (Phi) is 26.5. The van der Waals surface area contributed by atoms with E-state index in [4.69, 9.17) is 5.73 Å². The van der Waals surface area contributed by atoms with E-state index >= 15 is 0 Å². The third kappa shape index (κ3) is 10.9. The van der Waals surface area contributed by atoms with Crippen LogP contribution in [0.3, 0.4) is 0 Å². The smallest absolute Gasteiger partial charge is 0.0174 e. The third-order valence-corrected chi connectivity index (χ3v) is 0.869. The Balaban J connectivity index is -0.000000149. The summed E-state index contributed by atoms with van der Waals surface area (Å²) in [7, 11) is 0. The molecule has 0 aromatic carbocycles. The molecule has 59 valence electrons. The summed E-state index contributed by atoms with van der Waals surface area (Å²) in [5, 5.41) is 0. The van der Waals surface area contributed by atoms with Crippen LogP contribution in [0.15, 0.2) is 24.3 Å². The molecule has 0 aromatic heterocycles. The average molecular weight is 178 g/mol. The maximum absolute atomic E-state index is 5.25. The zero-order chi connectivity index (χ0) is 7.70. The van der Waals surface area contributed by atoms with Crippen molar-refractivity contribution < 1.29 is 18.6 Å². The monoisotopic (exact) mass is 178 g/mol. The fourth-order valence-corrected chi connectivity index (χ4v) is 0.319. The van der Waals surface area contributed by atoms with Crippen molar-refractivity contribution in [2.45, 2.75) is 20.8 Å². The first kappa shape index (κ1) is 16.5. The van der Waals surface area contributed by atoms with Crippen LogP contribution in [-0.4, -0.2) is 6.54 Å². The molecule has 0 aliphatic carbocycles. The molecule has 2 N–H and O–H groups in total. The van der Waals surface area contributed by atoms with E-state index in [0.717, 1.165) is 5.57 Å². The summed E-state index contributed by atoms with van der Waals surface area (Å²) in [6.45, 7) is 10.1. The molecule has 0 rings (SSSR count). The van der Waals surface area contributed by atoms with Crippen LogP contribution in [0.1, 0.15) is 20.8 Å². The quantitative estimate of drug-likeness (QED) is 0.644. The summed E-state index contributed by atoms with van der Waals surface area (Å²) in [5.41, 5.74) is 6.35. The van der Waals surface area contributed by atoms with Crippen molar-refractivity contribution in [3.63, 3.8) is 0 Å². The van der Waals surface area contributed by atoms with E-state index in [-0.39, 0.29) is 18.6 Å². The van der Waals surface area contributed by atoms with Crippen LogP contribution < -0.4 is 5.73 Å². The van der Waals surface area contributed by atoms with Crippen LogP contribution in [-0.2, 0) is 18.6 Å². The zero-order valence-corrected chi connectivity index (χ0v) is 8.49. The Morgan fingerprint density at radius 1 is 1.50 bits per heavy atom. The Labute approximate surface area is 76.3 Å². The number of rotatable bonds is 2. The fourth-order valence-electron chi connectivity index (χ4n) is 0.319. The van der Waals surface area contributed by atoms with Gasteiger partial charge in [-0.15, -0.1) is 0 Å². The van der Waals surface area contributed by atoms with E-state index in [2.05, 4.69) is 6.58 Å². The van der Waals surface area contributed by atoms with Gasteiger partial charge in [-0.3, -0.25) is 0 Å².